The van der Waals surface area contributed by atoms with E-state index in [4.69, 9.17) is 18.0 Å². The summed E-state index contributed by atoms with van der Waals surface area (Å²) in [5.41, 5.74) is 9.31. The molecule has 0 amide bonds. The molecule has 2 rings (SSSR count). The number of aromatic nitrogens is 1. The Morgan fingerprint density at radius 2 is 2.00 bits per heavy atom. The third kappa shape index (κ3) is 4.20. The van der Waals surface area contributed by atoms with Crippen LogP contribution in [0.3, 0.4) is 0 Å². The van der Waals surface area contributed by atoms with Gasteiger partial charge in [0.25, 0.3) is 0 Å². The molecule has 0 aliphatic rings. The Morgan fingerprint density at radius 3 is 2.58 bits per heavy atom. The van der Waals surface area contributed by atoms with Crippen LogP contribution in [-0.2, 0) is 6.18 Å². The largest absolute Gasteiger partial charge is 0.418 e. The minimum absolute atomic E-state index is 0.0644. The summed E-state index contributed by atoms with van der Waals surface area (Å²) in [6.07, 6.45) is -4.48. The maximum absolute atomic E-state index is 12.9. The highest BCUT2D eigenvalue weighted by molar-refractivity contribution is 7.80. The van der Waals surface area contributed by atoms with Crippen LogP contribution in [0.2, 0.25) is 0 Å². The fourth-order valence-corrected chi connectivity index (χ4v) is 2.88. The second-order valence-corrected chi connectivity index (χ2v) is 6.03. The lowest BCUT2D eigenvalue weighted by Gasteiger charge is -2.14. The summed E-state index contributed by atoms with van der Waals surface area (Å²) in [5, 5.41) is 6.99. The molecule has 0 saturated carbocycles. The SMILES string of the molecule is C/C(=N/NC(=S)Nc1ccccc1C(F)(F)F)c1c(C)nsc1N. The Kier molecular flexibility index (Phi) is 5.40. The van der Waals surface area contributed by atoms with Crippen molar-refractivity contribution in [2.24, 2.45) is 5.10 Å². The number of hydrazone groups is 1. The lowest BCUT2D eigenvalue weighted by atomic mass is 10.1. The van der Waals surface area contributed by atoms with E-state index in [2.05, 4.69) is 20.2 Å². The van der Waals surface area contributed by atoms with Gasteiger partial charge in [0.05, 0.1) is 28.2 Å². The standard InChI is InChI=1S/C14H14F3N5S2/c1-7(11-8(2)22-24-12(11)18)20-21-13(23)19-10-6-4-3-5-9(10)14(15,16)17/h3-6H,18H2,1-2H3,(H2,19,21,23)/b20-7-. The molecular formula is C14H14F3N5S2. The van der Waals surface area contributed by atoms with Crippen molar-refractivity contribution in [2.45, 2.75) is 20.0 Å². The van der Waals surface area contributed by atoms with Gasteiger partial charge in [-0.3, -0.25) is 5.43 Å². The van der Waals surface area contributed by atoms with E-state index in [0.29, 0.717) is 16.3 Å². The zero-order valence-electron chi connectivity index (χ0n) is 12.7. The molecule has 1 heterocycles. The number of alkyl halides is 3. The first-order valence-electron chi connectivity index (χ1n) is 6.69. The second kappa shape index (κ2) is 7.14. The normalized spacial score (nSPS) is 12.1. The van der Waals surface area contributed by atoms with Crippen molar-refractivity contribution in [3.05, 3.63) is 41.1 Å². The van der Waals surface area contributed by atoms with Gasteiger partial charge in [-0.2, -0.15) is 22.6 Å². The van der Waals surface area contributed by atoms with Crippen LogP contribution >= 0.6 is 23.8 Å². The number of nitrogens with zero attached hydrogens (tertiary/aromatic N) is 2. The zero-order chi connectivity index (χ0) is 17.9. The van der Waals surface area contributed by atoms with E-state index in [0.717, 1.165) is 23.3 Å². The van der Waals surface area contributed by atoms with Gasteiger partial charge in [0.1, 0.15) is 5.00 Å². The molecule has 128 valence electrons. The predicted octanol–water partition coefficient (Wildman–Crippen LogP) is 3.76. The fourth-order valence-electron chi connectivity index (χ4n) is 2.01. The number of nitrogens with two attached hydrogens (primary N) is 1. The average Bonchev–Trinajstić information content (AvgIpc) is 2.83. The van der Waals surface area contributed by atoms with Crippen molar-refractivity contribution < 1.29 is 13.2 Å². The molecule has 0 aliphatic carbocycles. The van der Waals surface area contributed by atoms with Crippen LogP contribution in [0.5, 0.6) is 0 Å². The molecule has 1 aromatic carbocycles. The highest BCUT2D eigenvalue weighted by Crippen LogP contribution is 2.34. The van der Waals surface area contributed by atoms with Crippen molar-refractivity contribution in [1.82, 2.24) is 9.80 Å². The highest BCUT2D eigenvalue weighted by Gasteiger charge is 2.33. The van der Waals surface area contributed by atoms with Crippen LogP contribution in [0.4, 0.5) is 23.9 Å². The monoisotopic (exact) mass is 373 g/mol. The van der Waals surface area contributed by atoms with Crippen LogP contribution in [0.15, 0.2) is 29.4 Å². The Morgan fingerprint density at radius 1 is 1.33 bits per heavy atom. The van der Waals surface area contributed by atoms with E-state index < -0.39 is 11.7 Å². The number of nitrogens with one attached hydrogen (secondary N) is 2. The fraction of sp³-hybridized carbons (Fsp3) is 0.214. The number of para-hydroxylation sites is 1. The molecule has 0 unspecified atom stereocenters. The molecule has 5 nitrogen and oxygen atoms in total. The first-order chi connectivity index (χ1) is 11.2. The number of benzene rings is 1. The van der Waals surface area contributed by atoms with Crippen LogP contribution in [-0.4, -0.2) is 15.2 Å². The van der Waals surface area contributed by atoms with Gasteiger partial charge in [-0.25, -0.2) is 0 Å². The molecule has 0 bridgehead atoms. The molecule has 0 aliphatic heterocycles. The number of thiocarbonyl (C=S) groups is 1. The number of hydrogen-bond donors (Lipinski definition) is 3. The zero-order valence-corrected chi connectivity index (χ0v) is 14.4. The molecular weight excluding hydrogens is 359 g/mol. The van der Waals surface area contributed by atoms with Gasteiger partial charge in [0, 0.05) is 0 Å². The highest BCUT2D eigenvalue weighted by atomic mass is 32.1. The lowest BCUT2D eigenvalue weighted by molar-refractivity contribution is -0.136. The van der Waals surface area contributed by atoms with Crippen LogP contribution in [0, 0.1) is 6.92 Å². The molecule has 0 radical (unpaired) electrons. The number of nitrogen functional groups attached to an aromatic ring is 1. The molecule has 4 N–H and O–H groups in total. The van der Waals surface area contributed by atoms with E-state index in [1.807, 2.05) is 0 Å². The second-order valence-electron chi connectivity index (χ2n) is 4.81. The number of anilines is 2. The topological polar surface area (TPSA) is 75.3 Å². The number of rotatable bonds is 3. The summed E-state index contributed by atoms with van der Waals surface area (Å²) < 4.78 is 42.9. The van der Waals surface area contributed by atoms with E-state index >= 15 is 0 Å². The Hall–Kier alpha value is -2.20. The van der Waals surface area contributed by atoms with Crippen LogP contribution in [0.25, 0.3) is 0 Å². The Balaban J connectivity index is 2.11. The average molecular weight is 373 g/mol. The van der Waals surface area contributed by atoms with Crippen molar-refractivity contribution in [2.75, 3.05) is 11.1 Å². The maximum Gasteiger partial charge on any atom is 0.418 e. The predicted molar refractivity (Wildman–Crippen MR) is 94.3 cm³/mol. The summed E-state index contributed by atoms with van der Waals surface area (Å²) in [6, 6.07) is 5.05. The summed E-state index contributed by atoms with van der Waals surface area (Å²) in [6.45, 7) is 3.49. The van der Waals surface area contributed by atoms with E-state index in [1.54, 1.807) is 13.8 Å². The Bertz CT molecular complexity index is 763. The summed E-state index contributed by atoms with van der Waals surface area (Å²) in [5.74, 6) is 0. The maximum atomic E-state index is 12.9. The molecule has 1 aromatic heterocycles. The number of halogens is 3. The van der Waals surface area contributed by atoms with Gasteiger partial charge < -0.3 is 11.1 Å². The minimum Gasteiger partial charge on any atom is -0.389 e. The van der Waals surface area contributed by atoms with Crippen LogP contribution in [0.1, 0.15) is 23.7 Å². The van der Waals surface area contributed by atoms with Crippen molar-refractivity contribution in [1.29, 1.82) is 0 Å². The van der Waals surface area contributed by atoms with Gasteiger partial charge in [-0.15, -0.1) is 0 Å². The molecule has 0 spiro atoms. The minimum atomic E-state index is -4.48. The van der Waals surface area contributed by atoms with E-state index in [9.17, 15) is 13.2 Å². The number of hydrogen-bond acceptors (Lipinski definition) is 5. The molecule has 0 fully saturated rings. The van der Waals surface area contributed by atoms with Crippen molar-refractivity contribution in [3.8, 4) is 0 Å². The van der Waals surface area contributed by atoms with Crippen molar-refractivity contribution in [3.63, 3.8) is 0 Å². The lowest BCUT2D eigenvalue weighted by Crippen LogP contribution is -2.26. The smallest absolute Gasteiger partial charge is 0.389 e. The van der Waals surface area contributed by atoms with Gasteiger partial charge in [0.2, 0.25) is 0 Å². The molecule has 0 atom stereocenters. The Labute approximate surface area is 145 Å². The summed E-state index contributed by atoms with van der Waals surface area (Å²) in [7, 11) is 0. The first-order valence-corrected chi connectivity index (χ1v) is 7.88. The summed E-state index contributed by atoms with van der Waals surface area (Å²) in [4.78, 5) is 0. The quantitative estimate of drug-likeness (QED) is 0.434. The molecule has 10 heteroatoms. The van der Waals surface area contributed by atoms with Gasteiger partial charge in [-0.1, -0.05) is 12.1 Å². The first kappa shape index (κ1) is 18.1. The van der Waals surface area contributed by atoms with Crippen LogP contribution < -0.4 is 16.5 Å². The molecule has 2 aromatic rings. The third-order valence-corrected chi connectivity index (χ3v) is 4.02. The summed E-state index contributed by atoms with van der Waals surface area (Å²) >= 11 is 6.14. The van der Waals surface area contributed by atoms with E-state index in [1.165, 1.54) is 18.2 Å². The van der Waals surface area contributed by atoms with Gasteiger partial charge in [0.15, 0.2) is 5.11 Å². The van der Waals surface area contributed by atoms with Gasteiger partial charge >= 0.3 is 6.18 Å². The molecule has 24 heavy (non-hydrogen) atoms. The number of aryl methyl sites for hydroxylation is 1. The molecule has 0 saturated heterocycles. The third-order valence-electron chi connectivity index (χ3n) is 3.06. The van der Waals surface area contributed by atoms with E-state index in [-0.39, 0.29) is 10.8 Å². The van der Waals surface area contributed by atoms with Gasteiger partial charge in [-0.05, 0) is 49.7 Å². The van der Waals surface area contributed by atoms with Crippen molar-refractivity contribution >= 4 is 45.3 Å².